The highest BCUT2D eigenvalue weighted by Crippen LogP contribution is 2.18. The Morgan fingerprint density at radius 3 is 2.61 bits per heavy atom. The van der Waals surface area contributed by atoms with E-state index in [-0.39, 0.29) is 11.0 Å². The van der Waals surface area contributed by atoms with Crippen LogP contribution in [0.4, 0.5) is 5.69 Å². The van der Waals surface area contributed by atoms with E-state index in [4.69, 9.17) is 23.8 Å². The molecular weight excluding hydrogens is 328 g/mol. The summed E-state index contributed by atoms with van der Waals surface area (Å²) in [5, 5.41) is 6.49. The number of amides is 1. The second-order valence-corrected chi connectivity index (χ2v) is 5.86. The van der Waals surface area contributed by atoms with E-state index in [0.29, 0.717) is 5.02 Å². The first kappa shape index (κ1) is 17.2. The summed E-state index contributed by atoms with van der Waals surface area (Å²) in [6.45, 7) is 4.02. The van der Waals surface area contributed by atoms with Gasteiger partial charge in [-0.15, -0.1) is 0 Å². The molecule has 0 bridgehead atoms. The molecule has 2 aromatic rings. The van der Waals surface area contributed by atoms with Gasteiger partial charge in [0, 0.05) is 16.8 Å². The van der Waals surface area contributed by atoms with Gasteiger partial charge in [-0.1, -0.05) is 41.9 Å². The van der Waals surface area contributed by atoms with Crippen LogP contribution in [0.25, 0.3) is 6.08 Å². The van der Waals surface area contributed by atoms with Gasteiger partial charge in [-0.25, -0.2) is 0 Å². The summed E-state index contributed by atoms with van der Waals surface area (Å²) >= 11 is 11.2. The van der Waals surface area contributed by atoms with E-state index in [0.717, 1.165) is 22.4 Å². The van der Waals surface area contributed by atoms with Crippen LogP contribution in [-0.2, 0) is 4.79 Å². The Hall–Kier alpha value is -2.17. The molecule has 0 atom stereocenters. The van der Waals surface area contributed by atoms with Gasteiger partial charge in [-0.3, -0.25) is 10.1 Å². The summed E-state index contributed by atoms with van der Waals surface area (Å²) in [4.78, 5) is 11.9. The average molecular weight is 345 g/mol. The third-order valence-corrected chi connectivity index (χ3v) is 3.96. The summed E-state index contributed by atoms with van der Waals surface area (Å²) in [6.07, 6.45) is 3.05. The van der Waals surface area contributed by atoms with Crippen LogP contribution >= 0.6 is 23.8 Å². The summed E-state index contributed by atoms with van der Waals surface area (Å²) in [5.74, 6) is -0.312. The molecule has 0 aromatic heterocycles. The largest absolute Gasteiger partial charge is 0.332 e. The number of halogens is 1. The first-order chi connectivity index (χ1) is 11.0. The number of aryl methyl sites for hydroxylation is 1. The molecule has 0 fully saturated rings. The van der Waals surface area contributed by atoms with Crippen molar-refractivity contribution in [2.75, 3.05) is 5.32 Å². The van der Waals surface area contributed by atoms with Crippen LogP contribution in [0.15, 0.2) is 48.5 Å². The first-order valence-corrected chi connectivity index (χ1v) is 7.87. The summed E-state index contributed by atoms with van der Waals surface area (Å²) in [6, 6.07) is 13.2. The van der Waals surface area contributed by atoms with Crippen LogP contribution in [-0.4, -0.2) is 11.0 Å². The fraction of sp³-hybridized carbons (Fsp3) is 0.111. The minimum atomic E-state index is -0.312. The van der Waals surface area contributed by atoms with Crippen LogP contribution in [0.3, 0.4) is 0 Å². The Balaban J connectivity index is 1.96. The van der Waals surface area contributed by atoms with Crippen molar-refractivity contribution in [2.45, 2.75) is 13.8 Å². The lowest BCUT2D eigenvalue weighted by Crippen LogP contribution is -2.33. The van der Waals surface area contributed by atoms with Crippen LogP contribution in [0.2, 0.25) is 5.02 Å². The van der Waals surface area contributed by atoms with Gasteiger partial charge < -0.3 is 5.32 Å². The van der Waals surface area contributed by atoms with E-state index < -0.39 is 0 Å². The molecule has 0 aliphatic rings. The van der Waals surface area contributed by atoms with Gasteiger partial charge in [0.2, 0.25) is 5.91 Å². The zero-order valence-electron chi connectivity index (χ0n) is 12.9. The molecule has 118 valence electrons. The number of anilines is 1. The minimum Gasteiger partial charge on any atom is -0.332 e. The third kappa shape index (κ3) is 4.91. The molecule has 23 heavy (non-hydrogen) atoms. The van der Waals surface area contributed by atoms with Crippen molar-refractivity contribution in [3.8, 4) is 0 Å². The maximum Gasteiger partial charge on any atom is 0.250 e. The Bertz CT molecular complexity index is 771. The standard InChI is InChI=1S/C18H17ClN2OS/c1-12-6-5-9-16(13(12)2)20-18(23)21-17(22)11-10-14-7-3-4-8-15(14)19/h3-11H,1-2H3,(H2,20,21,22,23). The van der Waals surface area contributed by atoms with Crippen molar-refractivity contribution in [2.24, 2.45) is 0 Å². The third-order valence-electron chi connectivity index (χ3n) is 3.41. The SMILES string of the molecule is Cc1cccc(NC(=S)NC(=O)C=Cc2ccccc2Cl)c1C. The van der Waals surface area contributed by atoms with E-state index >= 15 is 0 Å². The van der Waals surface area contributed by atoms with Crippen molar-refractivity contribution in [3.63, 3.8) is 0 Å². The molecule has 2 rings (SSSR count). The van der Waals surface area contributed by atoms with Crippen molar-refractivity contribution < 1.29 is 4.79 Å². The maximum atomic E-state index is 11.9. The number of rotatable bonds is 3. The number of carbonyl (C=O) groups is 1. The molecule has 0 saturated heterocycles. The monoisotopic (exact) mass is 344 g/mol. The number of nitrogens with one attached hydrogen (secondary N) is 2. The second kappa shape index (κ2) is 7.90. The Labute approximate surface area is 146 Å². The zero-order chi connectivity index (χ0) is 16.8. The predicted octanol–water partition coefficient (Wildman–Crippen LogP) is 4.48. The molecular formula is C18H17ClN2OS. The Morgan fingerprint density at radius 2 is 1.87 bits per heavy atom. The number of hydrogen-bond acceptors (Lipinski definition) is 2. The number of hydrogen-bond donors (Lipinski definition) is 2. The van der Waals surface area contributed by atoms with Gasteiger partial charge in [0.25, 0.3) is 0 Å². The fourth-order valence-corrected chi connectivity index (χ4v) is 2.38. The molecule has 0 heterocycles. The van der Waals surface area contributed by atoms with Crippen LogP contribution in [0.5, 0.6) is 0 Å². The average Bonchev–Trinajstić information content (AvgIpc) is 2.51. The number of thiocarbonyl (C=S) groups is 1. The molecule has 2 aromatic carbocycles. The molecule has 0 spiro atoms. The summed E-state index contributed by atoms with van der Waals surface area (Å²) < 4.78 is 0. The van der Waals surface area contributed by atoms with Gasteiger partial charge in [0.05, 0.1) is 0 Å². The fourth-order valence-electron chi connectivity index (χ4n) is 1.97. The van der Waals surface area contributed by atoms with E-state index in [1.54, 1.807) is 12.1 Å². The van der Waals surface area contributed by atoms with E-state index in [1.165, 1.54) is 6.08 Å². The number of benzene rings is 2. The molecule has 0 saturated carbocycles. The Morgan fingerprint density at radius 1 is 1.13 bits per heavy atom. The van der Waals surface area contributed by atoms with Crippen LogP contribution in [0.1, 0.15) is 16.7 Å². The van der Waals surface area contributed by atoms with E-state index in [9.17, 15) is 4.79 Å². The molecule has 0 aliphatic heterocycles. The molecule has 1 amide bonds. The second-order valence-electron chi connectivity index (χ2n) is 5.05. The highest BCUT2D eigenvalue weighted by atomic mass is 35.5. The molecule has 2 N–H and O–H groups in total. The van der Waals surface area contributed by atoms with Gasteiger partial charge in [-0.05, 0) is 61.0 Å². The van der Waals surface area contributed by atoms with Gasteiger partial charge in [0.15, 0.2) is 5.11 Å². The van der Waals surface area contributed by atoms with Crippen LogP contribution in [0, 0.1) is 13.8 Å². The van der Waals surface area contributed by atoms with Crippen molar-refractivity contribution in [1.29, 1.82) is 0 Å². The zero-order valence-corrected chi connectivity index (χ0v) is 14.5. The van der Waals surface area contributed by atoms with Gasteiger partial charge >= 0.3 is 0 Å². The predicted molar refractivity (Wildman–Crippen MR) is 101 cm³/mol. The topological polar surface area (TPSA) is 41.1 Å². The minimum absolute atomic E-state index is 0.257. The Kier molecular flexibility index (Phi) is 5.90. The van der Waals surface area contributed by atoms with Crippen LogP contribution < -0.4 is 10.6 Å². The van der Waals surface area contributed by atoms with E-state index in [1.807, 2.05) is 50.2 Å². The molecule has 0 unspecified atom stereocenters. The maximum absolute atomic E-state index is 11.9. The normalized spacial score (nSPS) is 10.6. The van der Waals surface area contributed by atoms with E-state index in [2.05, 4.69) is 10.6 Å². The molecule has 0 radical (unpaired) electrons. The lowest BCUT2D eigenvalue weighted by atomic mass is 10.1. The molecule has 3 nitrogen and oxygen atoms in total. The van der Waals surface area contributed by atoms with Gasteiger partial charge in [0.1, 0.15) is 0 Å². The van der Waals surface area contributed by atoms with Gasteiger partial charge in [-0.2, -0.15) is 0 Å². The quantitative estimate of drug-likeness (QED) is 0.637. The molecule has 5 heteroatoms. The molecule has 0 aliphatic carbocycles. The highest BCUT2D eigenvalue weighted by molar-refractivity contribution is 7.80. The first-order valence-electron chi connectivity index (χ1n) is 7.08. The van der Waals surface area contributed by atoms with Crippen molar-refractivity contribution in [3.05, 3.63) is 70.3 Å². The van der Waals surface area contributed by atoms with Crippen molar-refractivity contribution in [1.82, 2.24) is 5.32 Å². The lowest BCUT2D eigenvalue weighted by molar-refractivity contribution is -0.115. The van der Waals surface area contributed by atoms with Crippen molar-refractivity contribution >= 4 is 46.6 Å². The smallest absolute Gasteiger partial charge is 0.250 e. The number of carbonyl (C=O) groups excluding carboxylic acids is 1. The summed E-state index contributed by atoms with van der Waals surface area (Å²) in [5.41, 5.74) is 3.90. The summed E-state index contributed by atoms with van der Waals surface area (Å²) in [7, 11) is 0. The lowest BCUT2D eigenvalue weighted by Gasteiger charge is -2.12. The highest BCUT2D eigenvalue weighted by Gasteiger charge is 2.05.